The van der Waals surface area contributed by atoms with Crippen LogP contribution < -0.4 is 5.32 Å². The Labute approximate surface area is 119 Å². The highest BCUT2D eigenvalue weighted by molar-refractivity contribution is 5.63. The fourth-order valence-corrected chi connectivity index (χ4v) is 2.35. The number of nitrogens with zero attached hydrogens (tertiary/aromatic N) is 3. The molecule has 1 saturated carbocycles. The van der Waals surface area contributed by atoms with Crippen LogP contribution in [-0.2, 0) is 13.1 Å². The van der Waals surface area contributed by atoms with E-state index in [1.807, 2.05) is 29.1 Å². The van der Waals surface area contributed by atoms with E-state index in [4.69, 9.17) is 5.26 Å². The number of rotatable bonds is 6. The summed E-state index contributed by atoms with van der Waals surface area (Å²) in [4.78, 5) is 0. The highest BCUT2D eigenvalue weighted by atomic mass is 15.3. The summed E-state index contributed by atoms with van der Waals surface area (Å²) in [5.74, 6) is 0. The van der Waals surface area contributed by atoms with Crippen molar-refractivity contribution in [3.05, 3.63) is 42.1 Å². The molecule has 1 heterocycles. The van der Waals surface area contributed by atoms with E-state index in [1.54, 1.807) is 0 Å². The summed E-state index contributed by atoms with van der Waals surface area (Å²) in [6.45, 7) is 1.49. The SMILES string of the molecule is N#CCCn1ncc(CNC2CC2)c1-c1ccccc1. The molecule has 1 N–H and O–H groups in total. The van der Waals surface area contributed by atoms with Crippen molar-refractivity contribution in [2.45, 2.75) is 38.4 Å². The molecule has 0 aliphatic heterocycles. The zero-order valence-corrected chi connectivity index (χ0v) is 11.4. The summed E-state index contributed by atoms with van der Waals surface area (Å²) in [5, 5.41) is 16.8. The summed E-state index contributed by atoms with van der Waals surface area (Å²) in [5.41, 5.74) is 3.51. The Bertz CT molecular complexity index is 605. The third kappa shape index (κ3) is 2.89. The van der Waals surface area contributed by atoms with Gasteiger partial charge in [-0.25, -0.2) is 0 Å². The number of hydrogen-bond acceptors (Lipinski definition) is 3. The van der Waals surface area contributed by atoms with E-state index in [1.165, 1.54) is 18.4 Å². The number of benzene rings is 1. The second kappa shape index (κ2) is 5.89. The Kier molecular flexibility index (Phi) is 3.80. The van der Waals surface area contributed by atoms with Gasteiger partial charge in [0.25, 0.3) is 0 Å². The van der Waals surface area contributed by atoms with Crippen LogP contribution in [-0.4, -0.2) is 15.8 Å². The average Bonchev–Trinajstić information content (AvgIpc) is 3.23. The lowest BCUT2D eigenvalue weighted by Gasteiger charge is -2.09. The molecule has 0 atom stereocenters. The quantitative estimate of drug-likeness (QED) is 0.874. The number of nitriles is 1. The Morgan fingerprint density at radius 1 is 1.30 bits per heavy atom. The van der Waals surface area contributed by atoms with Crippen molar-refractivity contribution in [2.75, 3.05) is 0 Å². The topological polar surface area (TPSA) is 53.6 Å². The fourth-order valence-electron chi connectivity index (χ4n) is 2.35. The van der Waals surface area contributed by atoms with Crippen LogP contribution in [0.3, 0.4) is 0 Å². The highest BCUT2D eigenvalue weighted by Gasteiger charge is 2.21. The molecule has 20 heavy (non-hydrogen) atoms. The molecule has 3 rings (SSSR count). The van der Waals surface area contributed by atoms with Crippen LogP contribution in [0.2, 0.25) is 0 Å². The second-order valence-corrected chi connectivity index (χ2v) is 5.17. The first kappa shape index (κ1) is 12.9. The van der Waals surface area contributed by atoms with Crippen LogP contribution in [0, 0.1) is 11.3 Å². The van der Waals surface area contributed by atoms with Crippen LogP contribution in [0.25, 0.3) is 11.3 Å². The molecule has 0 amide bonds. The predicted octanol–water partition coefficient (Wildman–Crippen LogP) is 2.72. The van der Waals surface area contributed by atoms with Gasteiger partial charge in [0.05, 0.1) is 30.9 Å². The van der Waals surface area contributed by atoms with Crippen molar-refractivity contribution >= 4 is 0 Å². The zero-order chi connectivity index (χ0) is 13.8. The zero-order valence-electron chi connectivity index (χ0n) is 11.4. The standard InChI is InChI=1S/C16H18N4/c17-9-4-10-20-16(13-5-2-1-3-6-13)14(12-19-20)11-18-15-7-8-15/h1-3,5-6,12,15,18H,4,7-8,10-11H2. The number of aryl methyl sites for hydroxylation is 1. The van der Waals surface area contributed by atoms with Gasteiger partial charge in [-0.3, -0.25) is 4.68 Å². The number of nitrogens with one attached hydrogen (secondary N) is 1. The summed E-state index contributed by atoms with van der Waals surface area (Å²) >= 11 is 0. The van der Waals surface area contributed by atoms with Crippen LogP contribution in [0.5, 0.6) is 0 Å². The molecule has 4 nitrogen and oxygen atoms in total. The van der Waals surface area contributed by atoms with E-state index in [9.17, 15) is 0 Å². The van der Waals surface area contributed by atoms with E-state index in [-0.39, 0.29) is 0 Å². The molecule has 4 heteroatoms. The molecule has 1 aliphatic rings. The Balaban J connectivity index is 1.88. The molecule has 1 aromatic carbocycles. The van der Waals surface area contributed by atoms with Gasteiger partial charge in [0.1, 0.15) is 0 Å². The Hall–Kier alpha value is -2.12. The van der Waals surface area contributed by atoms with Crippen molar-refractivity contribution in [1.29, 1.82) is 5.26 Å². The maximum Gasteiger partial charge on any atom is 0.0727 e. The van der Waals surface area contributed by atoms with Gasteiger partial charge in [0, 0.05) is 23.7 Å². The third-order valence-electron chi connectivity index (χ3n) is 3.56. The molecule has 0 saturated heterocycles. The van der Waals surface area contributed by atoms with Gasteiger partial charge in [0.2, 0.25) is 0 Å². The first-order valence-corrected chi connectivity index (χ1v) is 7.09. The average molecular weight is 266 g/mol. The largest absolute Gasteiger partial charge is 0.310 e. The minimum Gasteiger partial charge on any atom is -0.310 e. The van der Waals surface area contributed by atoms with Gasteiger partial charge < -0.3 is 5.32 Å². The molecule has 0 spiro atoms. The van der Waals surface area contributed by atoms with E-state index in [2.05, 4.69) is 28.6 Å². The van der Waals surface area contributed by atoms with E-state index in [0.717, 1.165) is 17.8 Å². The van der Waals surface area contributed by atoms with Gasteiger partial charge >= 0.3 is 0 Å². The van der Waals surface area contributed by atoms with Crippen LogP contribution in [0.1, 0.15) is 24.8 Å². The van der Waals surface area contributed by atoms with Gasteiger partial charge in [0.15, 0.2) is 0 Å². The molecule has 1 fully saturated rings. The minimum atomic E-state index is 0.483. The first-order chi connectivity index (χ1) is 9.88. The number of aromatic nitrogens is 2. The smallest absolute Gasteiger partial charge is 0.0727 e. The van der Waals surface area contributed by atoms with Crippen LogP contribution in [0.15, 0.2) is 36.5 Å². The van der Waals surface area contributed by atoms with Gasteiger partial charge in [-0.2, -0.15) is 10.4 Å². The van der Waals surface area contributed by atoms with Gasteiger partial charge in [-0.15, -0.1) is 0 Å². The van der Waals surface area contributed by atoms with E-state index < -0.39 is 0 Å². The normalized spacial score (nSPS) is 14.2. The summed E-state index contributed by atoms with van der Waals surface area (Å²) < 4.78 is 1.95. The lowest BCUT2D eigenvalue weighted by Crippen LogP contribution is -2.15. The van der Waals surface area contributed by atoms with Crippen LogP contribution in [0.4, 0.5) is 0 Å². The summed E-state index contributed by atoms with van der Waals surface area (Å²) in [6.07, 6.45) is 4.97. The summed E-state index contributed by atoms with van der Waals surface area (Å²) in [6, 6.07) is 13.2. The number of hydrogen-bond donors (Lipinski definition) is 1. The maximum absolute atomic E-state index is 8.78. The molecule has 0 bridgehead atoms. The molecule has 0 unspecified atom stereocenters. The van der Waals surface area contributed by atoms with E-state index >= 15 is 0 Å². The summed E-state index contributed by atoms with van der Waals surface area (Å²) in [7, 11) is 0. The highest BCUT2D eigenvalue weighted by Crippen LogP contribution is 2.25. The Morgan fingerprint density at radius 2 is 2.10 bits per heavy atom. The lowest BCUT2D eigenvalue weighted by molar-refractivity contribution is 0.632. The molecular weight excluding hydrogens is 248 g/mol. The second-order valence-electron chi connectivity index (χ2n) is 5.17. The molecular formula is C16H18N4. The van der Waals surface area contributed by atoms with E-state index in [0.29, 0.717) is 19.0 Å². The fraction of sp³-hybridized carbons (Fsp3) is 0.375. The van der Waals surface area contributed by atoms with Crippen molar-refractivity contribution in [1.82, 2.24) is 15.1 Å². The van der Waals surface area contributed by atoms with Crippen molar-refractivity contribution in [3.8, 4) is 17.3 Å². The third-order valence-corrected chi connectivity index (χ3v) is 3.56. The van der Waals surface area contributed by atoms with Crippen molar-refractivity contribution < 1.29 is 0 Å². The lowest BCUT2D eigenvalue weighted by atomic mass is 10.1. The maximum atomic E-state index is 8.78. The van der Waals surface area contributed by atoms with Gasteiger partial charge in [-0.1, -0.05) is 30.3 Å². The Morgan fingerprint density at radius 3 is 2.80 bits per heavy atom. The van der Waals surface area contributed by atoms with Crippen molar-refractivity contribution in [2.24, 2.45) is 0 Å². The predicted molar refractivity (Wildman–Crippen MR) is 77.8 cm³/mol. The first-order valence-electron chi connectivity index (χ1n) is 7.09. The molecule has 0 radical (unpaired) electrons. The molecule has 2 aromatic rings. The molecule has 1 aliphatic carbocycles. The van der Waals surface area contributed by atoms with Gasteiger partial charge in [-0.05, 0) is 12.8 Å². The molecule has 102 valence electrons. The monoisotopic (exact) mass is 266 g/mol. The van der Waals surface area contributed by atoms with Crippen molar-refractivity contribution in [3.63, 3.8) is 0 Å². The van der Waals surface area contributed by atoms with Crippen LogP contribution >= 0.6 is 0 Å². The molecule has 1 aromatic heterocycles. The minimum absolute atomic E-state index is 0.483.